The molecule has 2 saturated heterocycles. The highest BCUT2D eigenvalue weighted by atomic mass is 16.6. The lowest BCUT2D eigenvalue weighted by atomic mass is 9.64. The predicted molar refractivity (Wildman–Crippen MR) is 139 cm³/mol. The zero-order chi connectivity index (χ0) is 24.5. The van der Waals surface area contributed by atoms with E-state index in [1.165, 1.54) is 35.3 Å². The first-order valence-corrected chi connectivity index (χ1v) is 13.7. The van der Waals surface area contributed by atoms with E-state index >= 15 is 0 Å². The van der Waals surface area contributed by atoms with Gasteiger partial charge in [0, 0.05) is 11.8 Å². The molecule has 4 nitrogen and oxygen atoms in total. The molecule has 8 atom stereocenters. The lowest BCUT2D eigenvalue weighted by Gasteiger charge is -2.32. The van der Waals surface area contributed by atoms with Crippen molar-refractivity contribution in [3.05, 3.63) is 108 Å². The minimum atomic E-state index is -0.342. The maximum absolute atomic E-state index is 14.2. The maximum atomic E-state index is 14.2. The van der Waals surface area contributed by atoms with Crippen LogP contribution in [0.1, 0.15) is 30.4 Å². The summed E-state index contributed by atoms with van der Waals surface area (Å²) in [5.74, 6) is 0.141. The molecule has 3 aromatic rings. The van der Waals surface area contributed by atoms with Crippen LogP contribution >= 0.6 is 0 Å². The third-order valence-corrected chi connectivity index (χ3v) is 10.7. The number of benzene rings is 3. The zero-order valence-electron chi connectivity index (χ0n) is 20.4. The third kappa shape index (κ3) is 2.15. The van der Waals surface area contributed by atoms with Crippen LogP contribution in [0, 0.1) is 35.5 Å². The number of ether oxygens (including phenoxy) is 1. The average molecular weight is 486 g/mol. The Labute approximate surface area is 215 Å². The normalized spacial score (nSPS) is 39.7. The van der Waals surface area contributed by atoms with E-state index in [-0.39, 0.29) is 46.7 Å². The Hall–Kier alpha value is -3.50. The molecule has 2 amide bonds. The van der Waals surface area contributed by atoms with Gasteiger partial charge in [-0.1, -0.05) is 78.9 Å². The summed E-state index contributed by atoms with van der Waals surface area (Å²) in [6.45, 7) is 0. The van der Waals surface area contributed by atoms with Gasteiger partial charge in [0.1, 0.15) is 11.2 Å². The Balaban J connectivity index is 1.31. The fraction of sp³-hybridized carbons (Fsp3) is 0.333. The molecule has 182 valence electrons. The second-order valence-electron chi connectivity index (χ2n) is 11.8. The molecule has 4 heteroatoms. The summed E-state index contributed by atoms with van der Waals surface area (Å²) < 4.78 is 6.91. The van der Waals surface area contributed by atoms with Crippen molar-refractivity contribution in [1.82, 2.24) is 0 Å². The van der Waals surface area contributed by atoms with Crippen LogP contribution in [-0.2, 0) is 14.3 Å². The van der Waals surface area contributed by atoms with Gasteiger partial charge in [0.15, 0.2) is 0 Å². The van der Waals surface area contributed by atoms with Crippen LogP contribution in [0.25, 0.3) is 5.57 Å². The lowest BCUT2D eigenvalue weighted by Crippen LogP contribution is -2.46. The molecule has 0 aromatic heterocycles. The van der Waals surface area contributed by atoms with Crippen LogP contribution in [0.3, 0.4) is 0 Å². The SMILES string of the molecule is O=C1C2C(C(=O)N1c1ccccc1)C1C(=C(c3ccccc3)c3ccccc3)C2C23OC12C1CCC3C1. The number of amides is 2. The van der Waals surface area contributed by atoms with Crippen LogP contribution in [0.4, 0.5) is 5.69 Å². The average Bonchev–Trinajstić information content (AvgIpc) is 3.31. The van der Waals surface area contributed by atoms with Crippen molar-refractivity contribution in [1.29, 1.82) is 0 Å². The van der Waals surface area contributed by atoms with Crippen LogP contribution in [0.15, 0.2) is 96.6 Å². The Morgan fingerprint density at radius 3 is 1.62 bits per heavy atom. The van der Waals surface area contributed by atoms with Crippen LogP contribution < -0.4 is 4.90 Å². The summed E-state index contributed by atoms with van der Waals surface area (Å²) in [6, 6.07) is 30.6. The van der Waals surface area contributed by atoms with Crippen molar-refractivity contribution in [3.63, 3.8) is 0 Å². The number of nitrogens with zero attached hydrogens (tertiary/aromatic N) is 1. The molecule has 9 rings (SSSR count). The molecule has 2 heterocycles. The smallest absolute Gasteiger partial charge is 0.238 e. The van der Waals surface area contributed by atoms with E-state index in [4.69, 9.17) is 4.74 Å². The number of para-hydroxylation sites is 1. The zero-order valence-corrected chi connectivity index (χ0v) is 20.4. The minimum Gasteiger partial charge on any atom is -0.361 e. The number of hydrogen-bond donors (Lipinski definition) is 0. The topological polar surface area (TPSA) is 49.9 Å². The Morgan fingerprint density at radius 1 is 0.676 bits per heavy atom. The molecule has 3 aromatic carbocycles. The molecule has 6 aliphatic rings. The van der Waals surface area contributed by atoms with Crippen molar-refractivity contribution in [3.8, 4) is 0 Å². The minimum absolute atomic E-state index is 0.0343. The summed E-state index contributed by atoms with van der Waals surface area (Å²) in [5.41, 5.74) is 5.03. The number of hydrogen-bond acceptors (Lipinski definition) is 3. The van der Waals surface area contributed by atoms with Gasteiger partial charge in [-0.3, -0.25) is 14.5 Å². The second-order valence-corrected chi connectivity index (χ2v) is 11.8. The van der Waals surface area contributed by atoms with E-state index in [1.54, 1.807) is 0 Å². The molecule has 0 N–H and O–H groups in total. The van der Waals surface area contributed by atoms with Crippen molar-refractivity contribution in [2.45, 2.75) is 30.5 Å². The third-order valence-electron chi connectivity index (χ3n) is 10.7. The van der Waals surface area contributed by atoms with Crippen molar-refractivity contribution < 1.29 is 14.3 Å². The summed E-state index contributed by atoms with van der Waals surface area (Å²) >= 11 is 0. The number of rotatable bonds is 3. The predicted octanol–water partition coefficient (Wildman–Crippen LogP) is 5.49. The van der Waals surface area contributed by atoms with Gasteiger partial charge in [-0.05, 0) is 65.5 Å². The monoisotopic (exact) mass is 485 g/mol. The molecule has 0 radical (unpaired) electrons. The van der Waals surface area contributed by atoms with Crippen LogP contribution in [-0.4, -0.2) is 23.0 Å². The quantitative estimate of drug-likeness (QED) is 0.364. The lowest BCUT2D eigenvalue weighted by molar-refractivity contribution is -0.123. The van der Waals surface area contributed by atoms with E-state index in [9.17, 15) is 9.59 Å². The van der Waals surface area contributed by atoms with Gasteiger partial charge in [0.05, 0.1) is 17.5 Å². The molecule has 4 saturated carbocycles. The summed E-state index contributed by atoms with van der Waals surface area (Å²) in [7, 11) is 0. The van der Waals surface area contributed by atoms with Crippen LogP contribution in [0.5, 0.6) is 0 Å². The first kappa shape index (κ1) is 20.5. The van der Waals surface area contributed by atoms with Crippen molar-refractivity contribution in [2.75, 3.05) is 4.90 Å². The number of epoxide rings is 1. The fourth-order valence-electron chi connectivity index (χ4n) is 9.78. The second kappa shape index (κ2) is 6.68. The van der Waals surface area contributed by atoms with Crippen molar-refractivity contribution in [2.24, 2.45) is 35.5 Å². The van der Waals surface area contributed by atoms with Gasteiger partial charge < -0.3 is 4.74 Å². The molecule has 6 fully saturated rings. The summed E-state index contributed by atoms with van der Waals surface area (Å²) in [6.07, 6.45) is 3.55. The van der Waals surface area contributed by atoms with Crippen LogP contribution in [0.2, 0.25) is 0 Å². The fourth-order valence-corrected chi connectivity index (χ4v) is 9.78. The number of anilines is 1. The number of carbonyl (C=O) groups excluding carboxylic acids is 2. The molecule has 2 aliphatic heterocycles. The largest absolute Gasteiger partial charge is 0.361 e. The highest BCUT2D eigenvalue weighted by Crippen LogP contribution is 2.88. The Bertz CT molecular complexity index is 1420. The van der Waals surface area contributed by atoms with E-state index < -0.39 is 0 Å². The Morgan fingerprint density at radius 2 is 1.14 bits per heavy atom. The van der Waals surface area contributed by atoms with E-state index in [0.29, 0.717) is 17.5 Å². The standard InChI is InChI=1S/C33H27NO3/c35-30-26-27(31(36)34(30)23-14-8-3-9-15-23)29-25(28(26)32-21-16-17-22(18-21)33(29,32)37-32)24(19-10-4-1-5-11-19)20-12-6-2-7-13-20/h1-15,21-22,26-29H,16-18H2. The van der Waals surface area contributed by atoms with Crippen molar-refractivity contribution >= 4 is 23.1 Å². The molecular formula is C33H27NO3. The highest BCUT2D eigenvalue weighted by molar-refractivity contribution is 6.23. The maximum Gasteiger partial charge on any atom is 0.238 e. The summed E-state index contributed by atoms with van der Waals surface area (Å²) in [5, 5.41) is 0. The summed E-state index contributed by atoms with van der Waals surface area (Å²) in [4.78, 5) is 29.9. The molecule has 4 bridgehead atoms. The highest BCUT2D eigenvalue weighted by Gasteiger charge is 2.96. The molecule has 4 aliphatic carbocycles. The first-order valence-electron chi connectivity index (χ1n) is 13.7. The van der Waals surface area contributed by atoms with E-state index in [0.717, 1.165) is 11.1 Å². The van der Waals surface area contributed by atoms with Gasteiger partial charge in [-0.2, -0.15) is 0 Å². The van der Waals surface area contributed by atoms with Gasteiger partial charge in [0.25, 0.3) is 0 Å². The van der Waals surface area contributed by atoms with Gasteiger partial charge in [-0.25, -0.2) is 0 Å². The van der Waals surface area contributed by atoms with Gasteiger partial charge in [0.2, 0.25) is 11.8 Å². The molecule has 37 heavy (non-hydrogen) atoms. The first-order chi connectivity index (χ1) is 18.2. The number of fused-ring (bicyclic) bond motifs is 7. The van der Waals surface area contributed by atoms with E-state index in [2.05, 4.69) is 48.5 Å². The Kier molecular flexibility index (Phi) is 3.71. The molecular weight excluding hydrogens is 458 g/mol. The van der Waals surface area contributed by atoms with Gasteiger partial charge in [-0.15, -0.1) is 0 Å². The van der Waals surface area contributed by atoms with Gasteiger partial charge >= 0.3 is 0 Å². The van der Waals surface area contributed by atoms with E-state index in [1.807, 2.05) is 42.5 Å². The molecule has 8 unspecified atom stereocenters. The number of imide groups is 1. The molecule has 0 spiro atoms. The number of carbonyl (C=O) groups is 2.